The molecule has 3 atom stereocenters. The average molecular weight is 389 g/mol. The molecule has 2 saturated heterocycles. The number of aliphatic imine (C=N–C) groups is 1. The number of nitrogens with zero attached hydrogens (tertiary/aromatic N) is 3. The van der Waals surface area contributed by atoms with Crippen LogP contribution in [0.2, 0.25) is 0 Å². The lowest BCUT2D eigenvalue weighted by Gasteiger charge is -2.37. The summed E-state index contributed by atoms with van der Waals surface area (Å²) in [7, 11) is 4.06. The zero-order valence-corrected chi connectivity index (χ0v) is 17.6. The number of rotatable bonds is 7. The second kappa shape index (κ2) is 10.8. The first-order chi connectivity index (χ1) is 13.7. The summed E-state index contributed by atoms with van der Waals surface area (Å²) < 4.78 is 11.8. The van der Waals surface area contributed by atoms with E-state index in [4.69, 9.17) is 9.47 Å². The molecule has 1 aromatic rings. The van der Waals surface area contributed by atoms with Gasteiger partial charge in [0, 0.05) is 45.9 Å². The quantitative estimate of drug-likeness (QED) is 0.574. The first kappa shape index (κ1) is 21.1. The van der Waals surface area contributed by atoms with Gasteiger partial charge in [-0.3, -0.25) is 9.89 Å². The Bertz CT molecular complexity index is 604. The highest BCUT2D eigenvalue weighted by atomic mass is 16.5. The van der Waals surface area contributed by atoms with Gasteiger partial charge in [-0.2, -0.15) is 0 Å². The zero-order chi connectivity index (χ0) is 19.8. The van der Waals surface area contributed by atoms with Crippen LogP contribution in [-0.2, 0) is 16.0 Å². The standard InChI is InChI=1S/C22H36N4O2/c1-18(25(3)16-19-8-5-4-6-9-19)11-12-24-22(23-2)26-13-15-28-21(17-26)20-10-7-14-27-20/h4-6,8-9,18,20-21H,7,10-17H2,1-3H3,(H,23,24). The third kappa shape index (κ3) is 5.93. The first-order valence-corrected chi connectivity index (χ1v) is 10.6. The maximum Gasteiger partial charge on any atom is 0.193 e. The van der Waals surface area contributed by atoms with E-state index < -0.39 is 0 Å². The normalized spacial score (nSPS) is 24.6. The molecule has 2 heterocycles. The fourth-order valence-corrected chi connectivity index (χ4v) is 3.96. The second-order valence-electron chi connectivity index (χ2n) is 7.92. The van der Waals surface area contributed by atoms with Gasteiger partial charge in [-0.15, -0.1) is 0 Å². The van der Waals surface area contributed by atoms with Gasteiger partial charge in [0.15, 0.2) is 5.96 Å². The molecule has 0 saturated carbocycles. The van der Waals surface area contributed by atoms with E-state index >= 15 is 0 Å². The summed E-state index contributed by atoms with van der Waals surface area (Å²) in [5.74, 6) is 0.976. The van der Waals surface area contributed by atoms with Crippen molar-refractivity contribution in [3.63, 3.8) is 0 Å². The van der Waals surface area contributed by atoms with E-state index in [1.807, 2.05) is 7.05 Å². The summed E-state index contributed by atoms with van der Waals surface area (Å²) in [5.41, 5.74) is 1.36. The monoisotopic (exact) mass is 388 g/mol. The Labute approximate surface area is 169 Å². The highest BCUT2D eigenvalue weighted by Gasteiger charge is 2.32. The van der Waals surface area contributed by atoms with E-state index in [-0.39, 0.29) is 12.2 Å². The van der Waals surface area contributed by atoms with E-state index in [9.17, 15) is 0 Å². The molecule has 28 heavy (non-hydrogen) atoms. The summed E-state index contributed by atoms with van der Waals surface area (Å²) in [4.78, 5) is 9.22. The third-order valence-corrected chi connectivity index (χ3v) is 5.86. The van der Waals surface area contributed by atoms with Gasteiger partial charge < -0.3 is 19.7 Å². The minimum absolute atomic E-state index is 0.158. The lowest BCUT2D eigenvalue weighted by molar-refractivity contribution is -0.0817. The molecule has 3 unspecified atom stereocenters. The summed E-state index contributed by atoms with van der Waals surface area (Å²) in [5, 5.41) is 3.55. The van der Waals surface area contributed by atoms with Gasteiger partial charge in [-0.05, 0) is 38.8 Å². The van der Waals surface area contributed by atoms with Crippen LogP contribution in [0, 0.1) is 0 Å². The molecule has 2 aliphatic heterocycles. The average Bonchev–Trinajstić information content (AvgIpc) is 3.27. The minimum atomic E-state index is 0.158. The second-order valence-corrected chi connectivity index (χ2v) is 7.92. The van der Waals surface area contributed by atoms with Crippen molar-refractivity contribution in [2.45, 2.75) is 51.0 Å². The molecule has 6 nitrogen and oxygen atoms in total. The highest BCUT2D eigenvalue weighted by Crippen LogP contribution is 2.21. The van der Waals surface area contributed by atoms with Crippen molar-refractivity contribution in [2.75, 3.05) is 46.9 Å². The maximum absolute atomic E-state index is 5.96. The van der Waals surface area contributed by atoms with Crippen LogP contribution in [0.25, 0.3) is 0 Å². The Kier molecular flexibility index (Phi) is 8.13. The molecule has 0 bridgehead atoms. The predicted octanol–water partition coefficient (Wildman–Crippen LogP) is 2.35. The van der Waals surface area contributed by atoms with E-state index in [0.29, 0.717) is 6.04 Å². The summed E-state index contributed by atoms with van der Waals surface area (Å²) in [6.45, 7) is 7.52. The van der Waals surface area contributed by atoms with Crippen LogP contribution in [0.3, 0.4) is 0 Å². The maximum atomic E-state index is 5.96. The number of hydrogen-bond acceptors (Lipinski definition) is 4. The van der Waals surface area contributed by atoms with Gasteiger partial charge in [0.2, 0.25) is 0 Å². The Balaban J connectivity index is 1.42. The van der Waals surface area contributed by atoms with Gasteiger partial charge in [-0.1, -0.05) is 30.3 Å². The molecule has 1 aromatic carbocycles. The molecule has 6 heteroatoms. The molecule has 1 N–H and O–H groups in total. The van der Waals surface area contributed by atoms with Crippen molar-refractivity contribution in [1.82, 2.24) is 15.1 Å². The van der Waals surface area contributed by atoms with Crippen LogP contribution in [0.15, 0.2) is 35.3 Å². The lowest BCUT2D eigenvalue weighted by atomic mass is 10.1. The van der Waals surface area contributed by atoms with Crippen LogP contribution in [-0.4, -0.2) is 81.0 Å². The molecular weight excluding hydrogens is 352 g/mol. The molecule has 2 aliphatic rings. The van der Waals surface area contributed by atoms with Crippen molar-refractivity contribution in [1.29, 1.82) is 0 Å². The summed E-state index contributed by atoms with van der Waals surface area (Å²) in [6.07, 6.45) is 3.72. The van der Waals surface area contributed by atoms with Crippen molar-refractivity contribution in [3.8, 4) is 0 Å². The fourth-order valence-electron chi connectivity index (χ4n) is 3.96. The summed E-state index contributed by atoms with van der Waals surface area (Å²) in [6, 6.07) is 11.1. The van der Waals surface area contributed by atoms with E-state index in [0.717, 1.165) is 64.6 Å². The molecule has 0 radical (unpaired) electrons. The fraction of sp³-hybridized carbons (Fsp3) is 0.682. The topological polar surface area (TPSA) is 49.3 Å². The number of morpholine rings is 1. The molecule has 0 aromatic heterocycles. The van der Waals surface area contributed by atoms with Gasteiger partial charge in [0.25, 0.3) is 0 Å². The Hall–Kier alpha value is -1.63. The van der Waals surface area contributed by atoms with Crippen LogP contribution in [0.4, 0.5) is 0 Å². The highest BCUT2D eigenvalue weighted by molar-refractivity contribution is 5.80. The van der Waals surface area contributed by atoms with Crippen LogP contribution in [0.1, 0.15) is 31.7 Å². The molecule has 0 amide bonds. The number of hydrogen-bond donors (Lipinski definition) is 1. The Morgan fingerprint density at radius 1 is 1.25 bits per heavy atom. The van der Waals surface area contributed by atoms with E-state index in [1.165, 1.54) is 5.56 Å². The largest absolute Gasteiger partial charge is 0.375 e. The summed E-state index contributed by atoms with van der Waals surface area (Å²) >= 11 is 0. The van der Waals surface area contributed by atoms with E-state index in [1.54, 1.807) is 0 Å². The van der Waals surface area contributed by atoms with Crippen LogP contribution >= 0.6 is 0 Å². The van der Waals surface area contributed by atoms with Crippen molar-refractivity contribution in [3.05, 3.63) is 35.9 Å². The van der Waals surface area contributed by atoms with E-state index in [2.05, 4.69) is 64.4 Å². The van der Waals surface area contributed by atoms with Gasteiger partial charge >= 0.3 is 0 Å². The van der Waals surface area contributed by atoms with Crippen molar-refractivity contribution >= 4 is 5.96 Å². The SMILES string of the molecule is CN=C(NCCC(C)N(C)Cc1ccccc1)N1CCOC(C2CCCO2)C1. The number of guanidine groups is 1. The number of ether oxygens (including phenoxy) is 2. The van der Waals surface area contributed by atoms with Gasteiger partial charge in [-0.25, -0.2) is 0 Å². The van der Waals surface area contributed by atoms with Crippen LogP contribution < -0.4 is 5.32 Å². The molecule has 0 spiro atoms. The number of benzene rings is 1. The molecule has 156 valence electrons. The van der Waals surface area contributed by atoms with Gasteiger partial charge in [0.1, 0.15) is 6.10 Å². The van der Waals surface area contributed by atoms with Crippen molar-refractivity contribution < 1.29 is 9.47 Å². The lowest BCUT2D eigenvalue weighted by Crippen LogP contribution is -2.53. The molecule has 2 fully saturated rings. The Morgan fingerprint density at radius 2 is 2.04 bits per heavy atom. The number of nitrogens with one attached hydrogen (secondary N) is 1. The molecule has 3 rings (SSSR count). The molecular formula is C22H36N4O2. The Morgan fingerprint density at radius 3 is 2.75 bits per heavy atom. The van der Waals surface area contributed by atoms with Crippen molar-refractivity contribution in [2.24, 2.45) is 4.99 Å². The van der Waals surface area contributed by atoms with Gasteiger partial charge in [0.05, 0.1) is 12.7 Å². The zero-order valence-electron chi connectivity index (χ0n) is 17.6. The smallest absolute Gasteiger partial charge is 0.193 e. The predicted molar refractivity (Wildman–Crippen MR) is 114 cm³/mol. The minimum Gasteiger partial charge on any atom is -0.375 e. The van der Waals surface area contributed by atoms with Crippen LogP contribution in [0.5, 0.6) is 0 Å². The molecule has 0 aliphatic carbocycles. The first-order valence-electron chi connectivity index (χ1n) is 10.6. The third-order valence-electron chi connectivity index (χ3n) is 5.86.